The van der Waals surface area contributed by atoms with E-state index in [0.29, 0.717) is 30.8 Å². The van der Waals surface area contributed by atoms with Crippen LogP contribution in [0, 0.1) is 0 Å². The lowest BCUT2D eigenvalue weighted by molar-refractivity contribution is -0.174. The van der Waals surface area contributed by atoms with Gasteiger partial charge in [0.05, 0.1) is 19.1 Å². The average molecular weight is 604 g/mol. The van der Waals surface area contributed by atoms with Gasteiger partial charge in [-0.15, -0.1) is 0 Å². The Bertz CT molecular complexity index is 1210. The van der Waals surface area contributed by atoms with Crippen LogP contribution >= 0.6 is 11.8 Å². The second-order valence-corrected chi connectivity index (χ2v) is 14.0. The van der Waals surface area contributed by atoms with Crippen molar-refractivity contribution in [2.45, 2.75) is 107 Å². The van der Waals surface area contributed by atoms with Crippen LogP contribution in [-0.2, 0) is 25.5 Å². The summed E-state index contributed by atoms with van der Waals surface area (Å²) in [5.74, 6) is 1.81. The third kappa shape index (κ3) is 6.32. The molecular weight excluding hydrogens is 558 g/mol. The predicted octanol–water partition coefficient (Wildman–Crippen LogP) is 4.47. The molecule has 3 heterocycles. The third-order valence-electron chi connectivity index (χ3n) is 9.39. The molecule has 4 atom stereocenters. The Labute approximate surface area is 252 Å². The van der Waals surface area contributed by atoms with Gasteiger partial charge < -0.3 is 29.2 Å². The minimum Gasteiger partial charge on any atom is -0.497 e. The number of carbonyl (C=O) groups excluding carboxylic acids is 2. The summed E-state index contributed by atoms with van der Waals surface area (Å²) >= 11 is 1.08. The van der Waals surface area contributed by atoms with Crippen LogP contribution in [-0.4, -0.2) is 81.8 Å². The number of methoxy groups -OCH3 is 1. The van der Waals surface area contributed by atoms with Gasteiger partial charge in [-0.25, -0.2) is 4.79 Å². The summed E-state index contributed by atoms with van der Waals surface area (Å²) in [7, 11) is 1.58. The number of thioether (sulfide) groups is 1. The maximum Gasteiger partial charge on any atom is 0.339 e. The fourth-order valence-electron chi connectivity index (χ4n) is 7.32. The molecule has 1 aromatic carbocycles. The highest BCUT2D eigenvalue weighted by atomic mass is 32.2. The van der Waals surface area contributed by atoms with Crippen molar-refractivity contribution in [3.63, 3.8) is 0 Å². The van der Waals surface area contributed by atoms with Crippen molar-refractivity contribution in [1.82, 2.24) is 4.90 Å². The van der Waals surface area contributed by atoms with Crippen LogP contribution in [0.5, 0.6) is 11.5 Å². The van der Waals surface area contributed by atoms with E-state index in [2.05, 4.69) is 23.1 Å². The van der Waals surface area contributed by atoms with Crippen LogP contribution < -0.4 is 9.47 Å². The van der Waals surface area contributed by atoms with E-state index in [1.165, 1.54) is 11.1 Å². The standard InChI is InChI=1S/C32H45NO8S/c1-5-42-28(34)19-32(37,12-6-10-30(2,3)36)29(35)41-27-18-23-22-17-26-25(39-20-40-26)16-21(22)9-15-33-14-7-11-31(23,33)13-8-24(27)38-4/h8,16-17,23,27,36-37H,5-7,9-15,18-20H2,1-4H3/t23?,27-,31?,32-/m0/s1. The monoisotopic (exact) mass is 603 g/mol. The van der Waals surface area contributed by atoms with E-state index in [-0.39, 0.29) is 36.2 Å². The SMILES string of the molecule is CCSC(=O)C[C@@](O)(CCCC(C)(C)O)C(=O)O[C@H]1CC2c3cc4c(cc3CCN3CCCC23CC=C1OC)OCO4. The summed E-state index contributed by atoms with van der Waals surface area (Å²) in [6, 6.07) is 4.21. The Morgan fingerprint density at radius 1 is 1.17 bits per heavy atom. The summed E-state index contributed by atoms with van der Waals surface area (Å²) in [6.45, 7) is 7.37. The number of nitrogens with zero attached hydrogens (tertiary/aromatic N) is 1. The Morgan fingerprint density at radius 2 is 1.93 bits per heavy atom. The van der Waals surface area contributed by atoms with Crippen molar-refractivity contribution in [3.05, 3.63) is 35.1 Å². The van der Waals surface area contributed by atoms with Gasteiger partial charge in [-0.2, -0.15) is 0 Å². The molecule has 5 rings (SSSR count). The number of carbonyl (C=O) groups is 2. The van der Waals surface area contributed by atoms with Gasteiger partial charge >= 0.3 is 5.97 Å². The number of esters is 1. The fraction of sp³-hybridized carbons (Fsp3) is 0.688. The van der Waals surface area contributed by atoms with Crippen molar-refractivity contribution in [1.29, 1.82) is 0 Å². The zero-order chi connectivity index (χ0) is 30.1. The second-order valence-electron chi connectivity index (χ2n) is 12.7. The van der Waals surface area contributed by atoms with Crippen molar-refractivity contribution in [2.24, 2.45) is 0 Å². The first-order valence-corrected chi connectivity index (χ1v) is 16.2. The highest BCUT2D eigenvalue weighted by molar-refractivity contribution is 8.13. The zero-order valence-corrected chi connectivity index (χ0v) is 26.1. The van der Waals surface area contributed by atoms with Crippen LogP contribution in [0.2, 0.25) is 0 Å². The number of fused-ring (bicyclic) bond motifs is 3. The first kappa shape index (κ1) is 31.2. The molecule has 0 saturated carbocycles. The van der Waals surface area contributed by atoms with E-state index in [9.17, 15) is 19.8 Å². The van der Waals surface area contributed by atoms with Crippen LogP contribution in [0.25, 0.3) is 0 Å². The van der Waals surface area contributed by atoms with Crippen LogP contribution in [0.1, 0.15) is 89.2 Å². The van der Waals surface area contributed by atoms with Crippen LogP contribution in [0.3, 0.4) is 0 Å². The highest BCUT2D eigenvalue weighted by Gasteiger charge is 2.52. The normalized spacial score (nSPS) is 26.6. The molecule has 1 aliphatic carbocycles. The maximum absolute atomic E-state index is 13.8. The molecule has 1 spiro atoms. The van der Waals surface area contributed by atoms with Gasteiger partial charge in [0.15, 0.2) is 28.3 Å². The Morgan fingerprint density at radius 3 is 2.64 bits per heavy atom. The van der Waals surface area contributed by atoms with Crippen LogP contribution in [0.15, 0.2) is 24.0 Å². The van der Waals surface area contributed by atoms with Crippen molar-refractivity contribution in [3.8, 4) is 11.5 Å². The Balaban J connectivity index is 1.46. The van der Waals surface area contributed by atoms with Gasteiger partial charge in [-0.05, 0) is 100 Å². The van der Waals surface area contributed by atoms with E-state index in [0.717, 1.165) is 62.0 Å². The summed E-state index contributed by atoms with van der Waals surface area (Å²) in [4.78, 5) is 29.1. The molecular formula is C32H45NO8S. The largest absolute Gasteiger partial charge is 0.497 e. The molecule has 0 radical (unpaired) electrons. The van der Waals surface area contributed by atoms with E-state index < -0.39 is 23.3 Å². The van der Waals surface area contributed by atoms with E-state index in [1.807, 2.05) is 6.92 Å². The molecule has 9 nitrogen and oxygen atoms in total. The quantitative estimate of drug-likeness (QED) is 0.371. The number of aliphatic hydroxyl groups is 2. The van der Waals surface area contributed by atoms with E-state index >= 15 is 0 Å². The molecule has 0 bridgehead atoms. The molecule has 0 aromatic heterocycles. The van der Waals surface area contributed by atoms with Crippen molar-refractivity contribution >= 4 is 22.8 Å². The highest BCUT2D eigenvalue weighted by Crippen LogP contribution is 2.53. The van der Waals surface area contributed by atoms with Crippen molar-refractivity contribution in [2.75, 3.05) is 32.7 Å². The average Bonchev–Trinajstić information content (AvgIpc) is 3.49. The minimum atomic E-state index is -2.00. The summed E-state index contributed by atoms with van der Waals surface area (Å²) in [5.41, 5.74) is -0.704. The van der Waals surface area contributed by atoms with Gasteiger partial charge in [-0.3, -0.25) is 9.69 Å². The fourth-order valence-corrected chi connectivity index (χ4v) is 7.98. The molecule has 2 N–H and O–H groups in total. The first-order chi connectivity index (χ1) is 20.0. The molecule has 232 valence electrons. The number of hydrogen-bond acceptors (Lipinski definition) is 10. The van der Waals surface area contributed by atoms with Crippen LogP contribution in [0.4, 0.5) is 0 Å². The lowest BCUT2D eigenvalue weighted by Gasteiger charge is -2.43. The minimum absolute atomic E-state index is 0.0119. The number of rotatable bonds is 10. The van der Waals surface area contributed by atoms with E-state index in [1.54, 1.807) is 21.0 Å². The third-order valence-corrected chi connectivity index (χ3v) is 10.1. The van der Waals surface area contributed by atoms with E-state index in [4.69, 9.17) is 18.9 Å². The molecule has 0 amide bonds. The van der Waals surface area contributed by atoms with Gasteiger partial charge in [-0.1, -0.05) is 18.7 Å². The number of ether oxygens (including phenoxy) is 4. The lowest BCUT2D eigenvalue weighted by Crippen LogP contribution is -2.48. The Kier molecular flexibility index (Phi) is 9.19. The van der Waals surface area contributed by atoms with Gasteiger partial charge in [0.2, 0.25) is 6.79 Å². The number of hydrogen-bond donors (Lipinski definition) is 2. The summed E-state index contributed by atoms with van der Waals surface area (Å²) < 4.78 is 23.5. The zero-order valence-electron chi connectivity index (χ0n) is 25.3. The molecule has 1 aromatic rings. The summed E-state index contributed by atoms with van der Waals surface area (Å²) in [6.07, 6.45) is 5.96. The molecule has 10 heteroatoms. The molecule has 4 aliphatic rings. The molecule has 42 heavy (non-hydrogen) atoms. The Hall–Kier alpha value is -2.27. The molecule has 1 saturated heterocycles. The molecule has 1 fully saturated rings. The number of benzene rings is 1. The topological polar surface area (TPSA) is 115 Å². The van der Waals surface area contributed by atoms with Gasteiger partial charge in [0, 0.05) is 24.4 Å². The first-order valence-electron chi connectivity index (χ1n) is 15.2. The van der Waals surface area contributed by atoms with Gasteiger partial charge in [0.25, 0.3) is 0 Å². The van der Waals surface area contributed by atoms with Gasteiger partial charge in [0.1, 0.15) is 5.76 Å². The second kappa shape index (κ2) is 12.4. The van der Waals surface area contributed by atoms with Crippen molar-refractivity contribution < 1.29 is 38.7 Å². The molecule has 3 aliphatic heterocycles. The lowest BCUT2D eigenvalue weighted by atomic mass is 9.73. The predicted molar refractivity (Wildman–Crippen MR) is 160 cm³/mol. The molecule has 2 unspecified atom stereocenters. The summed E-state index contributed by atoms with van der Waals surface area (Å²) in [5, 5.41) is 21.6. The smallest absolute Gasteiger partial charge is 0.339 e. The maximum atomic E-state index is 13.8.